The number of amides is 1. The van der Waals surface area contributed by atoms with Gasteiger partial charge in [-0.05, 0) is 30.5 Å². The van der Waals surface area contributed by atoms with Crippen LogP contribution in [0, 0.1) is 6.92 Å². The van der Waals surface area contributed by atoms with E-state index in [0.29, 0.717) is 35.4 Å². The molecule has 6 nitrogen and oxygen atoms in total. The van der Waals surface area contributed by atoms with E-state index in [1.54, 1.807) is 36.1 Å². The first kappa shape index (κ1) is 18.3. The summed E-state index contributed by atoms with van der Waals surface area (Å²) in [5.74, 6) is 0.326. The third kappa shape index (κ3) is 3.17. The number of alkyl halides is 3. The molecule has 0 saturated heterocycles. The maximum absolute atomic E-state index is 13.4. The molecule has 3 heterocycles. The van der Waals surface area contributed by atoms with Gasteiger partial charge in [0.25, 0.3) is 5.91 Å². The number of hydrogen-bond donors (Lipinski definition) is 0. The Balaban J connectivity index is 1.72. The Bertz CT molecular complexity index is 1050. The van der Waals surface area contributed by atoms with Crippen molar-refractivity contribution >= 4 is 5.91 Å². The fourth-order valence-corrected chi connectivity index (χ4v) is 3.55. The second-order valence-corrected chi connectivity index (χ2v) is 6.81. The first-order valence-corrected chi connectivity index (χ1v) is 8.68. The maximum Gasteiger partial charge on any atom is 0.435 e. The molecule has 9 heteroatoms. The predicted octanol–water partition coefficient (Wildman–Crippen LogP) is 3.60. The molecule has 3 aromatic rings. The second-order valence-electron chi connectivity index (χ2n) is 6.81. The average Bonchev–Trinajstić information content (AvgIpc) is 3.22. The van der Waals surface area contributed by atoms with Gasteiger partial charge in [0.2, 0.25) is 0 Å². The number of aromatic nitrogens is 3. The number of halogens is 3. The topological polar surface area (TPSA) is 64.2 Å². The van der Waals surface area contributed by atoms with Gasteiger partial charge in [0.1, 0.15) is 0 Å². The van der Waals surface area contributed by atoms with Crippen LogP contribution in [0.5, 0.6) is 0 Å². The van der Waals surface area contributed by atoms with Crippen molar-refractivity contribution in [1.29, 1.82) is 0 Å². The smallest absolute Gasteiger partial charge is 0.359 e. The maximum atomic E-state index is 13.4. The van der Waals surface area contributed by atoms with Crippen LogP contribution in [-0.2, 0) is 26.2 Å². The fraction of sp³-hybridized carbons (Fsp3) is 0.316. The van der Waals surface area contributed by atoms with Crippen molar-refractivity contribution in [2.75, 3.05) is 6.54 Å². The van der Waals surface area contributed by atoms with E-state index in [9.17, 15) is 18.0 Å². The van der Waals surface area contributed by atoms with Gasteiger partial charge in [-0.25, -0.2) is 0 Å². The highest BCUT2D eigenvalue weighted by Gasteiger charge is 2.38. The van der Waals surface area contributed by atoms with E-state index in [1.807, 2.05) is 0 Å². The largest absolute Gasteiger partial charge is 0.435 e. The van der Waals surface area contributed by atoms with Gasteiger partial charge in [-0.3, -0.25) is 9.48 Å². The summed E-state index contributed by atoms with van der Waals surface area (Å²) < 4.78 is 46.5. The van der Waals surface area contributed by atoms with Crippen LogP contribution in [0.2, 0.25) is 0 Å². The predicted molar refractivity (Wildman–Crippen MR) is 93.3 cm³/mol. The summed E-state index contributed by atoms with van der Waals surface area (Å²) in [6.07, 6.45) is -2.79. The van der Waals surface area contributed by atoms with E-state index in [0.717, 1.165) is 10.4 Å². The molecule has 146 valence electrons. The molecular weight excluding hydrogens is 373 g/mol. The van der Waals surface area contributed by atoms with Crippen molar-refractivity contribution in [2.24, 2.45) is 7.05 Å². The minimum atomic E-state index is -4.58. The van der Waals surface area contributed by atoms with E-state index in [1.165, 1.54) is 13.2 Å². The fourth-order valence-electron chi connectivity index (χ4n) is 3.55. The van der Waals surface area contributed by atoms with Crippen molar-refractivity contribution in [3.63, 3.8) is 0 Å². The van der Waals surface area contributed by atoms with Crippen molar-refractivity contribution in [2.45, 2.75) is 26.1 Å². The Hall–Kier alpha value is -3.10. The Morgan fingerprint density at radius 1 is 1.21 bits per heavy atom. The molecule has 0 fully saturated rings. The molecule has 1 aromatic carbocycles. The summed E-state index contributed by atoms with van der Waals surface area (Å²) in [4.78, 5) is 14.5. The zero-order valence-corrected chi connectivity index (χ0v) is 15.2. The van der Waals surface area contributed by atoms with Gasteiger partial charge in [-0.1, -0.05) is 17.3 Å². The Kier molecular flexibility index (Phi) is 4.24. The van der Waals surface area contributed by atoms with Gasteiger partial charge in [-0.2, -0.15) is 18.3 Å². The molecule has 1 amide bonds. The third-order valence-electron chi connectivity index (χ3n) is 4.74. The monoisotopic (exact) mass is 390 g/mol. The first-order valence-electron chi connectivity index (χ1n) is 8.68. The Labute approximate surface area is 158 Å². The van der Waals surface area contributed by atoms with Crippen molar-refractivity contribution in [1.82, 2.24) is 19.8 Å². The third-order valence-corrected chi connectivity index (χ3v) is 4.74. The van der Waals surface area contributed by atoms with Gasteiger partial charge in [-0.15, -0.1) is 0 Å². The second kappa shape index (κ2) is 6.50. The molecule has 0 N–H and O–H groups in total. The number of hydrogen-bond acceptors (Lipinski definition) is 4. The summed E-state index contributed by atoms with van der Waals surface area (Å²) in [6.45, 7) is 2.44. The lowest BCUT2D eigenvalue weighted by Crippen LogP contribution is -2.37. The molecule has 0 aliphatic carbocycles. The van der Waals surface area contributed by atoms with Gasteiger partial charge in [0, 0.05) is 37.0 Å². The zero-order chi connectivity index (χ0) is 20.1. The first-order chi connectivity index (χ1) is 13.2. The molecule has 0 unspecified atom stereocenters. The van der Waals surface area contributed by atoms with Crippen LogP contribution in [0.15, 0.2) is 35.0 Å². The Morgan fingerprint density at radius 2 is 1.96 bits per heavy atom. The molecule has 1 aliphatic heterocycles. The average molecular weight is 390 g/mol. The molecule has 0 spiro atoms. The number of rotatable bonds is 3. The van der Waals surface area contributed by atoms with E-state index in [-0.39, 0.29) is 18.0 Å². The summed E-state index contributed by atoms with van der Waals surface area (Å²) in [7, 11) is 1.44. The van der Waals surface area contributed by atoms with Crippen molar-refractivity contribution in [3.8, 4) is 11.1 Å². The van der Waals surface area contributed by atoms with Crippen LogP contribution in [0.3, 0.4) is 0 Å². The molecule has 0 bridgehead atoms. The minimum absolute atomic E-state index is 0.0149. The quantitative estimate of drug-likeness (QED) is 0.686. The van der Waals surface area contributed by atoms with Crippen LogP contribution in [0.1, 0.15) is 33.1 Å². The standard InChI is InChI=1S/C19H17F3N4O2/c1-11-8-12(28-24-11)9-26-7-6-14-13(4-3-5-15(14)18(26)27)16-10-25(2)23-17(16)19(20,21)22/h3-5,8,10H,6-7,9H2,1-2H3. The van der Waals surface area contributed by atoms with Crippen LogP contribution in [0.4, 0.5) is 13.2 Å². The molecule has 0 saturated carbocycles. The van der Waals surface area contributed by atoms with Gasteiger partial charge in [0.05, 0.1) is 12.2 Å². The van der Waals surface area contributed by atoms with Crippen molar-refractivity contribution < 1.29 is 22.5 Å². The number of nitrogens with zero attached hydrogens (tertiary/aromatic N) is 4. The molecule has 1 aliphatic rings. The molecule has 4 rings (SSSR count). The van der Waals surface area contributed by atoms with E-state index >= 15 is 0 Å². The number of fused-ring (bicyclic) bond motifs is 1. The van der Waals surface area contributed by atoms with Crippen LogP contribution >= 0.6 is 0 Å². The van der Waals surface area contributed by atoms with Gasteiger partial charge in [0.15, 0.2) is 11.5 Å². The van der Waals surface area contributed by atoms with Gasteiger partial charge < -0.3 is 9.42 Å². The van der Waals surface area contributed by atoms with Crippen LogP contribution in [0.25, 0.3) is 11.1 Å². The summed E-state index contributed by atoms with van der Waals surface area (Å²) in [6, 6.07) is 6.60. The molecule has 2 aromatic heterocycles. The van der Waals surface area contributed by atoms with E-state index < -0.39 is 11.9 Å². The zero-order valence-electron chi connectivity index (χ0n) is 15.2. The highest BCUT2D eigenvalue weighted by molar-refractivity contribution is 5.98. The van der Waals surface area contributed by atoms with Crippen LogP contribution in [-0.4, -0.2) is 32.3 Å². The highest BCUT2D eigenvalue weighted by Crippen LogP contribution is 2.39. The SMILES string of the molecule is Cc1cc(CN2CCc3c(cccc3-c3cn(C)nc3C(F)(F)F)C2=O)on1. The lowest BCUT2D eigenvalue weighted by Gasteiger charge is -2.29. The van der Waals surface area contributed by atoms with E-state index in [2.05, 4.69) is 10.3 Å². The number of carbonyl (C=O) groups is 1. The number of carbonyl (C=O) groups excluding carboxylic acids is 1. The highest BCUT2D eigenvalue weighted by atomic mass is 19.4. The molecule has 0 radical (unpaired) electrons. The number of benzene rings is 1. The molecular formula is C19H17F3N4O2. The van der Waals surface area contributed by atoms with Gasteiger partial charge >= 0.3 is 6.18 Å². The lowest BCUT2D eigenvalue weighted by molar-refractivity contribution is -0.140. The molecule has 0 atom stereocenters. The lowest BCUT2D eigenvalue weighted by atomic mass is 9.90. The minimum Gasteiger partial charge on any atom is -0.359 e. The summed E-state index contributed by atoms with van der Waals surface area (Å²) in [5, 5.41) is 7.39. The normalized spacial score (nSPS) is 14.5. The van der Waals surface area contributed by atoms with Crippen molar-refractivity contribution in [3.05, 3.63) is 58.7 Å². The summed E-state index contributed by atoms with van der Waals surface area (Å²) >= 11 is 0. The molecule has 28 heavy (non-hydrogen) atoms. The summed E-state index contributed by atoms with van der Waals surface area (Å²) in [5.41, 5.74) is 1.15. The van der Waals surface area contributed by atoms with E-state index in [4.69, 9.17) is 4.52 Å². The Morgan fingerprint density at radius 3 is 2.64 bits per heavy atom. The van der Waals surface area contributed by atoms with Crippen LogP contribution < -0.4 is 0 Å². The number of aryl methyl sites for hydroxylation is 2.